The lowest BCUT2D eigenvalue weighted by Gasteiger charge is -1.99. The summed E-state index contributed by atoms with van der Waals surface area (Å²) in [5.41, 5.74) is 0. The van der Waals surface area contributed by atoms with Gasteiger partial charge in [0.2, 0.25) is 0 Å². The molecule has 0 fully saturated rings. The van der Waals surface area contributed by atoms with Crippen molar-refractivity contribution in [1.29, 1.82) is 0 Å². The molecule has 2 N–H and O–H groups in total. The fraction of sp³-hybridized carbons (Fsp3) is 0.0833. The number of ether oxygens (including phenoxy) is 1. The number of alkyl halides is 2. The number of carboxylic acids is 2. The Morgan fingerprint density at radius 3 is 1.81 bits per heavy atom. The molecule has 0 saturated heterocycles. The van der Waals surface area contributed by atoms with Gasteiger partial charge in [-0.15, -0.1) is 20.1 Å². The molecular weight excluding hydrogens is 540 g/mol. The fourth-order valence-electron chi connectivity index (χ4n) is 1.04. The van der Waals surface area contributed by atoms with Gasteiger partial charge in [0.15, 0.2) is 5.06 Å². The Kier molecular flexibility index (Phi) is 11.3. The van der Waals surface area contributed by atoms with Gasteiger partial charge >= 0.3 is 24.8 Å². The van der Waals surface area contributed by atoms with Crippen molar-refractivity contribution in [3.63, 3.8) is 0 Å². The zero-order valence-electron chi connectivity index (χ0n) is 11.9. The van der Waals surface area contributed by atoms with Crippen molar-refractivity contribution in [3.05, 3.63) is 36.2 Å². The summed E-state index contributed by atoms with van der Waals surface area (Å²) in [6.07, 6.45) is -2.83. The normalized spacial score (nSPS) is 9.50. The molecule has 0 unspecified atom stereocenters. The molecule has 0 atom stereocenters. The summed E-state index contributed by atoms with van der Waals surface area (Å²) in [6, 6.07) is 2.79. The number of carbonyl (C=O) groups excluding carboxylic acids is 1. The summed E-state index contributed by atoms with van der Waals surface area (Å²) in [7, 11) is 0. The minimum absolute atomic E-state index is 0.0532. The first kappa shape index (κ1) is 24.5. The van der Waals surface area contributed by atoms with Gasteiger partial charge in [0.05, 0.1) is 4.47 Å². The molecule has 0 aromatic carbocycles. The highest BCUT2D eigenvalue weighted by molar-refractivity contribution is 9.10. The molecule has 2 heterocycles. The largest absolute Gasteiger partial charge is 0.483 e. The van der Waals surface area contributed by atoms with E-state index in [2.05, 4.69) is 36.6 Å². The van der Waals surface area contributed by atoms with Crippen LogP contribution < -0.4 is 4.74 Å². The summed E-state index contributed by atoms with van der Waals surface area (Å²) in [5.74, 6) is -2.04. The molecule has 0 amide bonds. The second-order valence-electron chi connectivity index (χ2n) is 3.59. The van der Waals surface area contributed by atoms with Gasteiger partial charge in [0.1, 0.15) is 9.75 Å². The molecule has 0 radical (unpaired) electrons. The minimum Gasteiger partial charge on any atom is -0.477 e. The first-order valence-electron chi connectivity index (χ1n) is 5.73. The van der Waals surface area contributed by atoms with Crippen LogP contribution in [-0.4, -0.2) is 35.1 Å². The number of halogens is 6. The third-order valence-electron chi connectivity index (χ3n) is 1.84. The van der Waals surface area contributed by atoms with Gasteiger partial charge in [0.25, 0.3) is 0 Å². The highest BCUT2D eigenvalue weighted by Gasteiger charge is 2.16. The molecule has 2 rings (SSSR count). The van der Waals surface area contributed by atoms with Crippen molar-refractivity contribution in [2.75, 3.05) is 0 Å². The van der Waals surface area contributed by atoms with Crippen LogP contribution in [0.1, 0.15) is 19.3 Å². The molecule has 0 saturated carbocycles. The van der Waals surface area contributed by atoms with E-state index in [0.717, 1.165) is 4.47 Å². The molecule has 0 aliphatic carbocycles. The SMILES string of the molecule is O=C(F)F.O=C(O)c1cc(Br)c(OC(F)F)s1.O=C(O)c1cc(Br)cs1. The first-order valence-corrected chi connectivity index (χ1v) is 9.02. The van der Waals surface area contributed by atoms with E-state index < -0.39 is 24.8 Å². The summed E-state index contributed by atoms with van der Waals surface area (Å²) in [4.78, 5) is 29.0. The van der Waals surface area contributed by atoms with E-state index in [1.54, 1.807) is 11.4 Å². The summed E-state index contributed by atoms with van der Waals surface area (Å²) < 4.78 is 47.9. The molecule has 26 heavy (non-hydrogen) atoms. The quantitative estimate of drug-likeness (QED) is 0.357. The monoisotopic (exact) mass is 544 g/mol. The molecule has 0 bridgehead atoms. The lowest BCUT2D eigenvalue weighted by molar-refractivity contribution is -0.0476. The standard InChI is InChI=1S/C6H3BrF2O3S.C5H3BrO2S.CF2O/c7-2-1-3(4(10)11)13-5(2)12-6(8)9;6-3-1-4(5(7)8)9-2-3;2-1(3)4/h1,6H,(H,10,11);1-2H,(H,7,8);. The highest BCUT2D eigenvalue weighted by Crippen LogP contribution is 2.35. The van der Waals surface area contributed by atoms with Crippen LogP contribution in [0.5, 0.6) is 5.06 Å². The number of hydrogen-bond acceptors (Lipinski definition) is 6. The van der Waals surface area contributed by atoms with E-state index in [1.165, 1.54) is 17.4 Å². The van der Waals surface area contributed by atoms with Gasteiger partial charge in [0, 0.05) is 9.85 Å². The lowest BCUT2D eigenvalue weighted by atomic mass is 10.5. The maximum atomic E-state index is 11.7. The molecular formula is C12H6Br2F4O6S2. The Morgan fingerprint density at radius 2 is 1.54 bits per heavy atom. The van der Waals surface area contributed by atoms with Gasteiger partial charge in [-0.1, -0.05) is 11.3 Å². The van der Waals surface area contributed by atoms with E-state index in [4.69, 9.17) is 15.0 Å². The van der Waals surface area contributed by atoms with E-state index in [9.17, 15) is 27.2 Å². The third kappa shape index (κ3) is 10.5. The summed E-state index contributed by atoms with van der Waals surface area (Å²) in [5, 5.41) is 18.5. The van der Waals surface area contributed by atoms with Crippen LogP contribution in [0.25, 0.3) is 0 Å². The predicted molar refractivity (Wildman–Crippen MR) is 92.2 cm³/mol. The average Bonchev–Trinajstić information content (AvgIpc) is 3.06. The lowest BCUT2D eigenvalue weighted by Crippen LogP contribution is -2.00. The Hall–Kier alpha value is -1.51. The van der Waals surface area contributed by atoms with Crippen molar-refractivity contribution in [3.8, 4) is 5.06 Å². The van der Waals surface area contributed by atoms with Gasteiger partial charge in [-0.3, -0.25) is 0 Å². The van der Waals surface area contributed by atoms with Crippen molar-refractivity contribution in [2.45, 2.75) is 6.61 Å². The molecule has 6 nitrogen and oxygen atoms in total. The predicted octanol–water partition coefficient (Wildman–Crippen LogP) is 6.06. The van der Waals surface area contributed by atoms with Crippen molar-refractivity contribution in [1.82, 2.24) is 0 Å². The zero-order valence-corrected chi connectivity index (χ0v) is 16.7. The smallest absolute Gasteiger partial charge is 0.477 e. The van der Waals surface area contributed by atoms with E-state index >= 15 is 0 Å². The van der Waals surface area contributed by atoms with Crippen LogP contribution in [0.2, 0.25) is 0 Å². The number of carbonyl (C=O) groups is 3. The Morgan fingerprint density at radius 1 is 1.04 bits per heavy atom. The zero-order chi connectivity index (χ0) is 20.4. The van der Waals surface area contributed by atoms with Gasteiger partial charge in [-0.25, -0.2) is 14.4 Å². The number of thiophene rings is 2. The highest BCUT2D eigenvalue weighted by atomic mass is 79.9. The fourth-order valence-corrected chi connectivity index (χ4v) is 3.77. The van der Waals surface area contributed by atoms with Crippen molar-refractivity contribution >= 4 is 72.8 Å². The number of carboxylic acid groups (broad SMARTS) is 2. The molecule has 0 aliphatic heterocycles. The number of aromatic carboxylic acids is 2. The number of rotatable bonds is 4. The van der Waals surface area contributed by atoms with Crippen LogP contribution in [0.3, 0.4) is 0 Å². The molecule has 0 aliphatic rings. The van der Waals surface area contributed by atoms with Crippen molar-refractivity contribution < 1.29 is 46.9 Å². The second-order valence-corrected chi connectivity index (χ2v) is 7.29. The van der Waals surface area contributed by atoms with Crippen molar-refractivity contribution in [2.24, 2.45) is 0 Å². The maximum Gasteiger partial charge on any atom is 0.483 e. The molecule has 2 aromatic heterocycles. The molecule has 144 valence electrons. The first-order chi connectivity index (χ1) is 11.9. The summed E-state index contributed by atoms with van der Waals surface area (Å²) >= 11 is 7.91. The van der Waals surface area contributed by atoms with Crippen LogP contribution in [0, 0.1) is 0 Å². The molecule has 0 spiro atoms. The van der Waals surface area contributed by atoms with E-state index in [0.29, 0.717) is 16.2 Å². The van der Waals surface area contributed by atoms with Gasteiger partial charge in [-0.05, 0) is 44.0 Å². The Balaban J connectivity index is 0.000000416. The molecule has 2 aromatic rings. The number of hydrogen-bond donors (Lipinski definition) is 2. The Bertz CT molecular complexity index is 761. The van der Waals surface area contributed by atoms with Gasteiger partial charge < -0.3 is 14.9 Å². The topological polar surface area (TPSA) is 101 Å². The van der Waals surface area contributed by atoms with Crippen LogP contribution >= 0.6 is 54.5 Å². The van der Waals surface area contributed by atoms with Gasteiger partial charge in [-0.2, -0.15) is 8.78 Å². The van der Waals surface area contributed by atoms with Crippen LogP contribution in [0.4, 0.5) is 22.4 Å². The average molecular weight is 546 g/mol. The summed E-state index contributed by atoms with van der Waals surface area (Å²) in [6.45, 7) is -2.95. The second kappa shape index (κ2) is 12.0. The van der Waals surface area contributed by atoms with Crippen LogP contribution in [0.15, 0.2) is 26.5 Å². The Labute approximate surface area is 167 Å². The van der Waals surface area contributed by atoms with Crippen LogP contribution in [-0.2, 0) is 0 Å². The molecule has 14 heteroatoms. The van der Waals surface area contributed by atoms with E-state index in [-0.39, 0.29) is 14.4 Å². The van der Waals surface area contributed by atoms with E-state index in [1.807, 2.05) is 0 Å². The minimum atomic E-state index is -2.95. The maximum absolute atomic E-state index is 11.7. The third-order valence-corrected chi connectivity index (χ3v) is 5.39.